The Labute approximate surface area is 184 Å². The van der Waals surface area contributed by atoms with E-state index in [1.807, 2.05) is 54.6 Å². The van der Waals surface area contributed by atoms with Gasteiger partial charge in [0.2, 0.25) is 0 Å². The van der Waals surface area contributed by atoms with Gasteiger partial charge in [0.15, 0.2) is 0 Å². The number of para-hydroxylation sites is 1. The van der Waals surface area contributed by atoms with Crippen LogP contribution in [-0.4, -0.2) is 34.1 Å². The molecule has 2 aromatic carbocycles. The Kier molecular flexibility index (Phi) is 5.81. The molecule has 0 amide bonds. The highest BCUT2D eigenvalue weighted by atomic mass is 16.5. The monoisotopic (exact) mass is 432 g/mol. The van der Waals surface area contributed by atoms with Gasteiger partial charge in [-0.2, -0.15) is 0 Å². The first kappa shape index (κ1) is 21.4. The summed E-state index contributed by atoms with van der Waals surface area (Å²) in [5.41, 5.74) is 2.14. The SMILES string of the molecule is CCOC(=O)c1c(C)c(C(=O)OCC)n2c(=O)n(Cc3ccccc3)c3ccccc3c12. The fourth-order valence-corrected chi connectivity index (χ4v) is 4.08. The van der Waals surface area contributed by atoms with Gasteiger partial charge in [-0.05, 0) is 38.0 Å². The van der Waals surface area contributed by atoms with Crippen LogP contribution < -0.4 is 5.69 Å². The van der Waals surface area contributed by atoms with Crippen LogP contribution in [0.25, 0.3) is 16.4 Å². The molecule has 0 bridgehead atoms. The van der Waals surface area contributed by atoms with Gasteiger partial charge in [-0.1, -0.05) is 48.5 Å². The Morgan fingerprint density at radius 2 is 1.50 bits per heavy atom. The van der Waals surface area contributed by atoms with E-state index in [0.29, 0.717) is 28.5 Å². The van der Waals surface area contributed by atoms with Gasteiger partial charge in [0, 0.05) is 5.39 Å². The maximum atomic E-state index is 13.8. The molecular weight excluding hydrogens is 408 g/mol. The number of carbonyl (C=O) groups is 2. The standard InChI is InChI=1S/C25H24N2O5/c1-4-31-23(28)20-16(3)21(24(29)32-5-2)27-22(20)18-13-9-10-14-19(18)26(25(27)30)15-17-11-7-6-8-12-17/h6-14H,4-5,15H2,1-3H3. The van der Waals surface area contributed by atoms with Gasteiger partial charge in [-0.3, -0.25) is 8.97 Å². The molecule has 0 fully saturated rings. The number of ether oxygens (including phenoxy) is 2. The van der Waals surface area contributed by atoms with Crippen LogP contribution in [0.15, 0.2) is 59.4 Å². The van der Waals surface area contributed by atoms with Crippen molar-refractivity contribution >= 4 is 28.4 Å². The highest BCUT2D eigenvalue weighted by Gasteiger charge is 2.30. The van der Waals surface area contributed by atoms with Crippen molar-refractivity contribution in [3.05, 3.63) is 87.5 Å². The molecule has 0 aliphatic rings. The number of aromatic nitrogens is 2. The predicted octanol–water partition coefficient (Wildman–Crippen LogP) is 3.96. The van der Waals surface area contributed by atoms with E-state index < -0.39 is 17.6 Å². The maximum Gasteiger partial charge on any atom is 0.355 e. The minimum absolute atomic E-state index is 0.0440. The topological polar surface area (TPSA) is 79.0 Å². The molecule has 0 atom stereocenters. The maximum absolute atomic E-state index is 13.8. The lowest BCUT2D eigenvalue weighted by Gasteiger charge is -2.14. The Morgan fingerprint density at radius 3 is 2.19 bits per heavy atom. The number of benzene rings is 2. The summed E-state index contributed by atoms with van der Waals surface area (Å²) in [6.07, 6.45) is 0. The largest absolute Gasteiger partial charge is 0.462 e. The van der Waals surface area contributed by atoms with Gasteiger partial charge in [0.25, 0.3) is 0 Å². The zero-order valence-corrected chi connectivity index (χ0v) is 18.3. The van der Waals surface area contributed by atoms with Crippen LogP contribution in [0, 0.1) is 6.92 Å². The van der Waals surface area contributed by atoms with Crippen LogP contribution in [-0.2, 0) is 16.0 Å². The second-order valence-corrected chi connectivity index (χ2v) is 7.35. The van der Waals surface area contributed by atoms with E-state index in [1.165, 1.54) is 4.40 Å². The third kappa shape index (κ3) is 3.45. The third-order valence-electron chi connectivity index (χ3n) is 5.42. The molecule has 0 radical (unpaired) electrons. The van der Waals surface area contributed by atoms with Crippen molar-refractivity contribution in [3.8, 4) is 0 Å². The molecular formula is C25H24N2O5. The average Bonchev–Trinajstić information content (AvgIpc) is 3.11. The Balaban J connectivity index is 2.15. The normalized spacial score (nSPS) is 11.1. The van der Waals surface area contributed by atoms with Crippen molar-refractivity contribution in [1.29, 1.82) is 0 Å². The molecule has 7 nitrogen and oxygen atoms in total. The van der Waals surface area contributed by atoms with Gasteiger partial charge in [-0.25, -0.2) is 14.4 Å². The molecule has 0 spiro atoms. The lowest BCUT2D eigenvalue weighted by atomic mass is 10.1. The molecule has 0 aliphatic carbocycles. The van der Waals surface area contributed by atoms with Crippen LogP contribution in [0.4, 0.5) is 0 Å². The van der Waals surface area contributed by atoms with Gasteiger partial charge in [0.05, 0.1) is 36.4 Å². The number of nitrogens with zero attached hydrogens (tertiary/aromatic N) is 2. The molecule has 32 heavy (non-hydrogen) atoms. The van der Waals surface area contributed by atoms with Gasteiger partial charge < -0.3 is 9.47 Å². The zero-order chi connectivity index (χ0) is 22.8. The van der Waals surface area contributed by atoms with Crippen LogP contribution in [0.5, 0.6) is 0 Å². The van der Waals surface area contributed by atoms with Crippen molar-refractivity contribution in [1.82, 2.24) is 8.97 Å². The first-order chi connectivity index (χ1) is 15.5. The second-order valence-electron chi connectivity index (χ2n) is 7.35. The first-order valence-corrected chi connectivity index (χ1v) is 10.5. The number of hydrogen-bond acceptors (Lipinski definition) is 5. The second kappa shape index (κ2) is 8.70. The molecule has 164 valence electrons. The number of hydrogen-bond donors (Lipinski definition) is 0. The van der Waals surface area contributed by atoms with Gasteiger partial charge in [0.1, 0.15) is 5.69 Å². The molecule has 0 unspecified atom stereocenters. The van der Waals surface area contributed by atoms with E-state index in [0.717, 1.165) is 5.56 Å². The van der Waals surface area contributed by atoms with Crippen LogP contribution in [0.3, 0.4) is 0 Å². The molecule has 4 aromatic rings. The fourth-order valence-electron chi connectivity index (χ4n) is 4.08. The van der Waals surface area contributed by atoms with Crippen molar-refractivity contribution in [3.63, 3.8) is 0 Å². The summed E-state index contributed by atoms with van der Waals surface area (Å²) < 4.78 is 13.4. The minimum Gasteiger partial charge on any atom is -0.462 e. The highest BCUT2D eigenvalue weighted by Crippen LogP contribution is 2.30. The molecule has 7 heteroatoms. The molecule has 4 rings (SSSR count). The summed E-state index contributed by atoms with van der Waals surface area (Å²) in [5, 5.41) is 0.671. The summed E-state index contributed by atoms with van der Waals surface area (Å²) in [6.45, 7) is 5.67. The quantitative estimate of drug-likeness (QED) is 0.431. The van der Waals surface area contributed by atoms with Crippen molar-refractivity contribution in [2.45, 2.75) is 27.3 Å². The lowest BCUT2D eigenvalue weighted by Crippen LogP contribution is -2.30. The van der Waals surface area contributed by atoms with E-state index in [1.54, 1.807) is 25.3 Å². The van der Waals surface area contributed by atoms with Gasteiger partial charge in [-0.15, -0.1) is 0 Å². The summed E-state index contributed by atoms with van der Waals surface area (Å²) >= 11 is 0. The molecule has 2 heterocycles. The zero-order valence-electron chi connectivity index (χ0n) is 18.3. The van der Waals surface area contributed by atoms with E-state index in [4.69, 9.17) is 9.47 Å². The molecule has 0 saturated carbocycles. The summed E-state index contributed by atoms with van der Waals surface area (Å²) in [4.78, 5) is 39.6. The molecule has 2 aromatic heterocycles. The Morgan fingerprint density at radius 1 is 0.875 bits per heavy atom. The van der Waals surface area contributed by atoms with E-state index in [9.17, 15) is 14.4 Å². The van der Waals surface area contributed by atoms with E-state index in [-0.39, 0.29) is 24.5 Å². The smallest absolute Gasteiger partial charge is 0.355 e. The van der Waals surface area contributed by atoms with Gasteiger partial charge >= 0.3 is 17.6 Å². The number of esters is 2. The minimum atomic E-state index is -0.658. The van der Waals surface area contributed by atoms with Crippen molar-refractivity contribution < 1.29 is 19.1 Å². The van der Waals surface area contributed by atoms with Crippen LogP contribution >= 0.6 is 0 Å². The first-order valence-electron chi connectivity index (χ1n) is 10.5. The Bertz CT molecular complexity index is 1380. The summed E-state index contributed by atoms with van der Waals surface area (Å²) in [6, 6.07) is 16.9. The average molecular weight is 432 g/mol. The fraction of sp³-hybridized carbons (Fsp3) is 0.240. The van der Waals surface area contributed by atoms with E-state index >= 15 is 0 Å². The number of carbonyl (C=O) groups excluding carboxylic acids is 2. The third-order valence-corrected chi connectivity index (χ3v) is 5.42. The number of fused-ring (bicyclic) bond motifs is 3. The molecule has 0 N–H and O–H groups in total. The lowest BCUT2D eigenvalue weighted by molar-refractivity contribution is 0.0516. The van der Waals surface area contributed by atoms with Crippen LogP contribution in [0.2, 0.25) is 0 Å². The van der Waals surface area contributed by atoms with Crippen molar-refractivity contribution in [2.24, 2.45) is 0 Å². The predicted molar refractivity (Wildman–Crippen MR) is 121 cm³/mol. The van der Waals surface area contributed by atoms with E-state index in [2.05, 4.69) is 0 Å². The summed E-state index contributed by atoms with van der Waals surface area (Å²) in [5.74, 6) is -1.24. The van der Waals surface area contributed by atoms with Crippen molar-refractivity contribution in [2.75, 3.05) is 13.2 Å². The van der Waals surface area contributed by atoms with Crippen LogP contribution in [0.1, 0.15) is 45.8 Å². The summed E-state index contributed by atoms with van der Waals surface area (Å²) in [7, 11) is 0. The molecule has 0 aliphatic heterocycles. The number of rotatable bonds is 6. The molecule has 0 saturated heterocycles. The highest BCUT2D eigenvalue weighted by molar-refractivity contribution is 6.11. The Hall–Kier alpha value is -3.87.